The molecule has 21 heavy (non-hydrogen) atoms. The number of nitrogens with one attached hydrogen (secondary N) is 2. The van der Waals surface area contributed by atoms with Gasteiger partial charge in [0, 0.05) is 12.7 Å². The second-order valence-electron chi connectivity index (χ2n) is 4.45. The number of benzene rings is 1. The van der Waals surface area contributed by atoms with Gasteiger partial charge in [0.2, 0.25) is 0 Å². The molecule has 3 N–H and O–H groups in total. The summed E-state index contributed by atoms with van der Waals surface area (Å²) in [5.41, 5.74) is 0.922. The highest BCUT2D eigenvalue weighted by atomic mass is 16.3. The fourth-order valence-corrected chi connectivity index (χ4v) is 1.87. The Morgan fingerprint density at radius 1 is 1.14 bits per heavy atom. The zero-order valence-electron chi connectivity index (χ0n) is 11.5. The van der Waals surface area contributed by atoms with Crippen molar-refractivity contribution in [1.82, 2.24) is 9.88 Å². The van der Waals surface area contributed by atoms with E-state index >= 15 is 0 Å². The van der Waals surface area contributed by atoms with Gasteiger partial charge in [-0.1, -0.05) is 30.3 Å². The minimum absolute atomic E-state index is 0.136. The Morgan fingerprint density at radius 3 is 2.62 bits per heavy atom. The number of aliphatic hydroxyl groups excluding tert-OH is 1. The number of hydrogen-bond donors (Lipinski definition) is 3. The number of nitrogens with zero attached hydrogens (tertiary/aromatic N) is 1. The van der Waals surface area contributed by atoms with Crippen LogP contribution in [0.5, 0.6) is 0 Å². The number of aliphatic hydroxyl groups is 1. The minimum atomic E-state index is -0.515. The molecule has 6 heteroatoms. The highest BCUT2D eigenvalue weighted by Gasteiger charge is 2.07. The van der Waals surface area contributed by atoms with Gasteiger partial charge in [-0.2, -0.15) is 0 Å². The summed E-state index contributed by atoms with van der Waals surface area (Å²) in [6.07, 6.45) is 1.67. The van der Waals surface area contributed by atoms with Crippen molar-refractivity contribution in [3.8, 4) is 0 Å². The average Bonchev–Trinajstić information content (AvgIpc) is 2.50. The van der Waals surface area contributed by atoms with Crippen molar-refractivity contribution in [2.24, 2.45) is 0 Å². The number of urea groups is 1. The van der Waals surface area contributed by atoms with E-state index < -0.39 is 6.03 Å². The predicted octanol–water partition coefficient (Wildman–Crippen LogP) is 1.01. The van der Waals surface area contributed by atoms with Crippen LogP contribution in [0.25, 0.3) is 0 Å². The van der Waals surface area contributed by atoms with E-state index in [0.29, 0.717) is 6.54 Å². The summed E-state index contributed by atoms with van der Waals surface area (Å²) in [5, 5.41) is 13.5. The maximum absolute atomic E-state index is 12.3. The molecule has 0 radical (unpaired) electrons. The maximum Gasteiger partial charge on any atom is 0.319 e. The summed E-state index contributed by atoms with van der Waals surface area (Å²) in [7, 11) is 0. The SMILES string of the molecule is O=C(NCCO)Nc1cccn(Cc2ccccc2)c1=O. The van der Waals surface area contributed by atoms with Crippen LogP contribution in [0, 0.1) is 0 Å². The van der Waals surface area contributed by atoms with Gasteiger partial charge in [-0.25, -0.2) is 4.79 Å². The zero-order valence-corrected chi connectivity index (χ0v) is 11.5. The molecule has 2 rings (SSSR count). The quantitative estimate of drug-likeness (QED) is 0.767. The van der Waals surface area contributed by atoms with Crippen LogP contribution in [0.3, 0.4) is 0 Å². The number of hydrogen-bond acceptors (Lipinski definition) is 3. The van der Waals surface area contributed by atoms with Crippen LogP contribution >= 0.6 is 0 Å². The number of amides is 2. The van der Waals surface area contributed by atoms with Crippen molar-refractivity contribution < 1.29 is 9.90 Å². The summed E-state index contributed by atoms with van der Waals surface area (Å²) in [4.78, 5) is 23.8. The average molecular weight is 287 g/mol. The first-order valence-corrected chi connectivity index (χ1v) is 6.60. The topological polar surface area (TPSA) is 83.4 Å². The first-order valence-electron chi connectivity index (χ1n) is 6.60. The van der Waals surface area contributed by atoms with E-state index in [2.05, 4.69) is 10.6 Å². The van der Waals surface area contributed by atoms with Gasteiger partial charge in [0.05, 0.1) is 13.2 Å². The highest BCUT2D eigenvalue weighted by Crippen LogP contribution is 2.03. The fraction of sp³-hybridized carbons (Fsp3) is 0.200. The minimum Gasteiger partial charge on any atom is -0.395 e. The van der Waals surface area contributed by atoms with Crippen LogP contribution in [0.2, 0.25) is 0 Å². The molecule has 6 nitrogen and oxygen atoms in total. The van der Waals surface area contributed by atoms with Gasteiger partial charge in [0.15, 0.2) is 0 Å². The summed E-state index contributed by atoms with van der Waals surface area (Å²) < 4.78 is 1.52. The largest absolute Gasteiger partial charge is 0.395 e. The maximum atomic E-state index is 12.3. The molecular formula is C15H17N3O3. The number of pyridine rings is 1. The molecule has 0 aliphatic rings. The fourth-order valence-electron chi connectivity index (χ4n) is 1.87. The number of aromatic nitrogens is 1. The Hall–Kier alpha value is -2.60. The lowest BCUT2D eigenvalue weighted by molar-refractivity contribution is 0.244. The summed E-state index contributed by atoms with van der Waals surface area (Å²) in [6, 6.07) is 12.3. The van der Waals surface area contributed by atoms with E-state index in [1.165, 1.54) is 4.57 Å². The van der Waals surface area contributed by atoms with Gasteiger partial charge < -0.3 is 20.3 Å². The Bertz CT molecular complexity index is 653. The van der Waals surface area contributed by atoms with Crippen LogP contribution in [0.4, 0.5) is 10.5 Å². The third-order valence-electron chi connectivity index (χ3n) is 2.86. The Kier molecular flexibility index (Phi) is 5.11. The van der Waals surface area contributed by atoms with Crippen molar-refractivity contribution in [1.29, 1.82) is 0 Å². The monoisotopic (exact) mass is 287 g/mol. The van der Waals surface area contributed by atoms with Crippen molar-refractivity contribution in [3.05, 3.63) is 64.6 Å². The predicted molar refractivity (Wildman–Crippen MR) is 80.4 cm³/mol. The molecule has 0 fully saturated rings. The van der Waals surface area contributed by atoms with Crippen LogP contribution < -0.4 is 16.2 Å². The molecule has 0 atom stereocenters. The van der Waals surface area contributed by atoms with Gasteiger partial charge in [0.1, 0.15) is 5.69 Å². The highest BCUT2D eigenvalue weighted by molar-refractivity contribution is 5.88. The van der Waals surface area contributed by atoms with Gasteiger partial charge in [-0.05, 0) is 17.7 Å². The number of carbonyl (C=O) groups is 1. The van der Waals surface area contributed by atoms with Crippen LogP contribution in [0.15, 0.2) is 53.5 Å². The molecule has 0 spiro atoms. The van der Waals surface area contributed by atoms with Crippen molar-refractivity contribution in [2.75, 3.05) is 18.5 Å². The van der Waals surface area contributed by atoms with Crippen molar-refractivity contribution in [3.63, 3.8) is 0 Å². The molecule has 1 aromatic heterocycles. The second kappa shape index (κ2) is 7.25. The molecule has 0 bridgehead atoms. The molecule has 0 saturated heterocycles. The lowest BCUT2D eigenvalue weighted by Gasteiger charge is -2.09. The molecule has 0 aliphatic carbocycles. The van der Waals surface area contributed by atoms with Gasteiger partial charge in [0.25, 0.3) is 5.56 Å². The number of anilines is 1. The summed E-state index contributed by atoms with van der Waals surface area (Å²) in [6.45, 7) is 0.421. The molecule has 0 unspecified atom stereocenters. The molecule has 110 valence electrons. The van der Waals surface area contributed by atoms with E-state index in [4.69, 9.17) is 5.11 Å². The first-order chi connectivity index (χ1) is 10.2. The lowest BCUT2D eigenvalue weighted by Crippen LogP contribution is -2.34. The second-order valence-corrected chi connectivity index (χ2v) is 4.45. The first kappa shape index (κ1) is 14.8. The Balaban J connectivity index is 2.13. The molecule has 2 amide bonds. The molecule has 1 heterocycles. The number of rotatable bonds is 5. The Morgan fingerprint density at radius 2 is 1.90 bits per heavy atom. The normalized spacial score (nSPS) is 10.1. The van der Waals surface area contributed by atoms with Crippen LogP contribution in [0.1, 0.15) is 5.56 Å². The van der Waals surface area contributed by atoms with E-state index in [1.807, 2.05) is 30.3 Å². The van der Waals surface area contributed by atoms with Crippen LogP contribution in [-0.2, 0) is 6.54 Å². The summed E-state index contributed by atoms with van der Waals surface area (Å²) >= 11 is 0. The Labute approximate surface area is 122 Å². The molecular weight excluding hydrogens is 270 g/mol. The van der Waals surface area contributed by atoms with Crippen molar-refractivity contribution >= 4 is 11.7 Å². The van der Waals surface area contributed by atoms with E-state index in [1.54, 1.807) is 18.3 Å². The van der Waals surface area contributed by atoms with E-state index in [9.17, 15) is 9.59 Å². The standard InChI is InChI=1S/C15H17N3O3/c19-10-8-16-15(21)17-13-7-4-9-18(14(13)20)11-12-5-2-1-3-6-12/h1-7,9,19H,8,10-11H2,(H2,16,17,21). The van der Waals surface area contributed by atoms with E-state index in [-0.39, 0.29) is 24.4 Å². The third-order valence-corrected chi connectivity index (χ3v) is 2.86. The molecule has 0 aliphatic heterocycles. The van der Waals surface area contributed by atoms with Gasteiger partial charge >= 0.3 is 6.03 Å². The van der Waals surface area contributed by atoms with E-state index in [0.717, 1.165) is 5.56 Å². The molecule has 2 aromatic rings. The van der Waals surface area contributed by atoms with Crippen LogP contribution in [-0.4, -0.2) is 28.9 Å². The number of carbonyl (C=O) groups excluding carboxylic acids is 1. The zero-order chi connectivity index (χ0) is 15.1. The van der Waals surface area contributed by atoms with Gasteiger partial charge in [-0.15, -0.1) is 0 Å². The van der Waals surface area contributed by atoms with Gasteiger partial charge in [-0.3, -0.25) is 4.79 Å². The lowest BCUT2D eigenvalue weighted by atomic mass is 10.2. The smallest absolute Gasteiger partial charge is 0.319 e. The molecule has 0 saturated carbocycles. The summed E-state index contributed by atoms with van der Waals surface area (Å²) in [5.74, 6) is 0. The molecule has 1 aromatic carbocycles. The third kappa shape index (κ3) is 4.19. The van der Waals surface area contributed by atoms with Crippen molar-refractivity contribution in [2.45, 2.75) is 6.54 Å².